The van der Waals surface area contributed by atoms with Gasteiger partial charge in [0, 0.05) is 6.54 Å². The molecule has 2 rings (SSSR count). The van der Waals surface area contributed by atoms with E-state index in [0.29, 0.717) is 18.3 Å². The molecule has 19 heavy (non-hydrogen) atoms. The van der Waals surface area contributed by atoms with E-state index in [1.165, 1.54) is 38.7 Å². The van der Waals surface area contributed by atoms with Gasteiger partial charge in [-0.15, -0.1) is 0 Å². The third kappa shape index (κ3) is 4.06. The Morgan fingerprint density at radius 2 is 2.05 bits per heavy atom. The summed E-state index contributed by atoms with van der Waals surface area (Å²) in [4.78, 5) is 10.7. The summed E-state index contributed by atoms with van der Waals surface area (Å²) in [6.07, 6.45) is 7.33. The molecule has 0 bridgehead atoms. The molecular weight excluding hydrogens is 240 g/mol. The maximum Gasteiger partial charge on any atom is 0.221 e. The van der Waals surface area contributed by atoms with Gasteiger partial charge in [0.25, 0.3) is 0 Å². The van der Waals surface area contributed by atoms with Gasteiger partial charge in [-0.1, -0.05) is 19.8 Å². The zero-order chi connectivity index (χ0) is 13.5. The predicted octanol–water partition coefficient (Wildman–Crippen LogP) is 1.88. The van der Waals surface area contributed by atoms with Crippen LogP contribution in [0, 0.1) is 0 Å². The van der Waals surface area contributed by atoms with Crippen LogP contribution in [-0.4, -0.2) is 41.1 Å². The van der Waals surface area contributed by atoms with Gasteiger partial charge in [-0.3, -0.25) is 4.90 Å². The van der Waals surface area contributed by atoms with Crippen molar-refractivity contribution in [3.63, 3.8) is 0 Å². The van der Waals surface area contributed by atoms with Crippen LogP contribution in [0.4, 0.5) is 5.82 Å². The van der Waals surface area contributed by atoms with Crippen molar-refractivity contribution in [1.82, 2.24) is 14.9 Å². The Morgan fingerprint density at radius 1 is 1.26 bits per heavy atom. The Kier molecular flexibility index (Phi) is 5.39. The molecule has 0 aromatic carbocycles. The molecule has 2 heterocycles. The van der Waals surface area contributed by atoms with E-state index in [1.54, 1.807) is 0 Å². The zero-order valence-electron chi connectivity index (χ0n) is 11.8. The van der Waals surface area contributed by atoms with Crippen LogP contribution in [-0.2, 0) is 6.42 Å². The quantitative estimate of drug-likeness (QED) is 0.850. The van der Waals surface area contributed by atoms with Gasteiger partial charge in [0.05, 0.1) is 5.56 Å². The second-order valence-corrected chi connectivity index (χ2v) is 5.04. The third-order valence-corrected chi connectivity index (χ3v) is 3.53. The summed E-state index contributed by atoms with van der Waals surface area (Å²) in [5.74, 6) is 1.20. The molecule has 2 N–H and O–H groups in total. The Balaban J connectivity index is 1.86. The maximum atomic E-state index is 5.88. The smallest absolute Gasteiger partial charge is 0.221 e. The van der Waals surface area contributed by atoms with Crippen molar-refractivity contribution in [3.8, 4) is 5.88 Å². The molecule has 5 nitrogen and oxygen atoms in total. The number of hydrogen-bond acceptors (Lipinski definition) is 5. The third-order valence-electron chi connectivity index (χ3n) is 3.53. The van der Waals surface area contributed by atoms with Crippen LogP contribution in [0.2, 0.25) is 0 Å². The maximum absolute atomic E-state index is 5.88. The molecule has 5 heteroatoms. The highest BCUT2D eigenvalue weighted by Crippen LogP contribution is 2.21. The van der Waals surface area contributed by atoms with Gasteiger partial charge in [-0.05, 0) is 32.4 Å². The minimum atomic E-state index is 0.546. The van der Waals surface area contributed by atoms with E-state index in [2.05, 4.69) is 21.8 Å². The number of likely N-dealkylation sites (tertiary alicyclic amines) is 1. The van der Waals surface area contributed by atoms with Crippen LogP contribution in [0.3, 0.4) is 0 Å². The van der Waals surface area contributed by atoms with Crippen molar-refractivity contribution < 1.29 is 4.74 Å². The Morgan fingerprint density at radius 3 is 2.79 bits per heavy atom. The largest absolute Gasteiger partial charge is 0.476 e. The van der Waals surface area contributed by atoms with Gasteiger partial charge >= 0.3 is 0 Å². The first-order chi connectivity index (χ1) is 9.31. The zero-order valence-corrected chi connectivity index (χ0v) is 11.8. The normalized spacial score (nSPS) is 16.5. The van der Waals surface area contributed by atoms with Crippen molar-refractivity contribution in [2.45, 2.75) is 39.0 Å². The monoisotopic (exact) mass is 264 g/mol. The topological polar surface area (TPSA) is 64.3 Å². The number of piperidine rings is 1. The van der Waals surface area contributed by atoms with E-state index >= 15 is 0 Å². The summed E-state index contributed by atoms with van der Waals surface area (Å²) in [6.45, 7) is 6.14. The first kappa shape index (κ1) is 14.1. The molecule has 0 saturated carbocycles. The molecule has 1 aromatic heterocycles. The molecular formula is C14H24N4O. The fourth-order valence-electron chi connectivity index (χ4n) is 2.47. The average Bonchev–Trinajstić information content (AvgIpc) is 2.44. The van der Waals surface area contributed by atoms with Gasteiger partial charge in [0.15, 0.2) is 0 Å². The lowest BCUT2D eigenvalue weighted by molar-refractivity contribution is 0.179. The van der Waals surface area contributed by atoms with Crippen molar-refractivity contribution in [2.75, 3.05) is 32.0 Å². The minimum Gasteiger partial charge on any atom is -0.476 e. The number of nitrogen functional groups attached to an aromatic ring is 1. The lowest BCUT2D eigenvalue weighted by Crippen LogP contribution is -2.33. The van der Waals surface area contributed by atoms with E-state index in [0.717, 1.165) is 24.9 Å². The number of nitrogens with zero attached hydrogens (tertiary/aromatic N) is 3. The molecule has 106 valence electrons. The fraction of sp³-hybridized carbons (Fsp3) is 0.714. The Labute approximate surface area is 115 Å². The first-order valence-electron chi connectivity index (χ1n) is 7.25. The van der Waals surface area contributed by atoms with Crippen LogP contribution < -0.4 is 10.5 Å². The molecule has 0 aliphatic carbocycles. The Hall–Kier alpha value is -1.36. The molecule has 1 aliphatic rings. The average molecular weight is 264 g/mol. The molecule has 0 unspecified atom stereocenters. The molecule has 0 atom stereocenters. The molecule has 1 saturated heterocycles. The fourth-order valence-corrected chi connectivity index (χ4v) is 2.47. The summed E-state index contributed by atoms with van der Waals surface area (Å²) in [5, 5.41) is 0. The molecule has 1 fully saturated rings. The molecule has 0 amide bonds. The van der Waals surface area contributed by atoms with Crippen LogP contribution in [0.25, 0.3) is 0 Å². The second kappa shape index (κ2) is 7.28. The summed E-state index contributed by atoms with van der Waals surface area (Å²) in [7, 11) is 0. The van der Waals surface area contributed by atoms with Gasteiger partial charge in [-0.25, -0.2) is 9.97 Å². The first-order valence-corrected chi connectivity index (χ1v) is 7.25. The molecule has 1 aromatic rings. The summed E-state index contributed by atoms with van der Waals surface area (Å²) >= 11 is 0. The lowest BCUT2D eigenvalue weighted by Gasteiger charge is -2.26. The SMILES string of the molecule is CCCc1c(N)ncnc1OCCN1CCCCC1. The number of anilines is 1. The van der Waals surface area contributed by atoms with E-state index in [9.17, 15) is 0 Å². The van der Waals surface area contributed by atoms with Crippen LogP contribution >= 0.6 is 0 Å². The van der Waals surface area contributed by atoms with Crippen LogP contribution in [0.15, 0.2) is 6.33 Å². The highest BCUT2D eigenvalue weighted by atomic mass is 16.5. The molecule has 1 aliphatic heterocycles. The number of ether oxygens (including phenoxy) is 1. The molecule has 0 radical (unpaired) electrons. The number of rotatable bonds is 6. The van der Waals surface area contributed by atoms with E-state index in [4.69, 9.17) is 10.5 Å². The van der Waals surface area contributed by atoms with Gasteiger partial charge < -0.3 is 10.5 Å². The van der Waals surface area contributed by atoms with Gasteiger partial charge in [0.1, 0.15) is 18.8 Å². The number of aromatic nitrogens is 2. The Bertz CT molecular complexity index is 391. The van der Waals surface area contributed by atoms with Crippen molar-refractivity contribution in [2.24, 2.45) is 0 Å². The van der Waals surface area contributed by atoms with Crippen molar-refractivity contribution >= 4 is 5.82 Å². The lowest BCUT2D eigenvalue weighted by atomic mass is 10.1. The van der Waals surface area contributed by atoms with E-state index in [1.807, 2.05) is 0 Å². The summed E-state index contributed by atoms with van der Waals surface area (Å²) < 4.78 is 5.80. The highest BCUT2D eigenvalue weighted by Gasteiger charge is 2.12. The minimum absolute atomic E-state index is 0.546. The highest BCUT2D eigenvalue weighted by molar-refractivity contribution is 5.44. The van der Waals surface area contributed by atoms with E-state index in [-0.39, 0.29) is 0 Å². The summed E-state index contributed by atoms with van der Waals surface area (Å²) in [6, 6.07) is 0. The predicted molar refractivity (Wildman–Crippen MR) is 76.2 cm³/mol. The van der Waals surface area contributed by atoms with Crippen molar-refractivity contribution in [1.29, 1.82) is 0 Å². The number of hydrogen-bond donors (Lipinski definition) is 1. The number of nitrogens with two attached hydrogens (primary N) is 1. The summed E-state index contributed by atoms with van der Waals surface area (Å²) in [5.41, 5.74) is 6.83. The van der Waals surface area contributed by atoms with E-state index < -0.39 is 0 Å². The second-order valence-electron chi connectivity index (χ2n) is 5.04. The van der Waals surface area contributed by atoms with Gasteiger partial charge in [-0.2, -0.15) is 0 Å². The van der Waals surface area contributed by atoms with Crippen molar-refractivity contribution in [3.05, 3.63) is 11.9 Å². The van der Waals surface area contributed by atoms with Gasteiger partial charge in [0.2, 0.25) is 5.88 Å². The standard InChI is InChI=1S/C14H24N4O/c1-2-6-12-13(15)16-11-17-14(12)19-10-9-18-7-4-3-5-8-18/h11H,2-10H2,1H3,(H2,15,16,17). The molecule has 0 spiro atoms. The van der Waals surface area contributed by atoms with Crippen LogP contribution in [0.5, 0.6) is 5.88 Å². The van der Waals surface area contributed by atoms with Crippen LogP contribution in [0.1, 0.15) is 38.2 Å².